The summed E-state index contributed by atoms with van der Waals surface area (Å²) in [7, 11) is 2.02. The van der Waals surface area contributed by atoms with E-state index in [9.17, 15) is 14.7 Å². The number of rotatable bonds is 10. The number of para-hydroxylation sites is 2. The van der Waals surface area contributed by atoms with Gasteiger partial charge in [-0.2, -0.15) is 0 Å². The molecule has 3 N–H and O–H groups in total. The van der Waals surface area contributed by atoms with Gasteiger partial charge in [-0.25, -0.2) is 4.79 Å². The van der Waals surface area contributed by atoms with E-state index in [2.05, 4.69) is 20.7 Å². The van der Waals surface area contributed by atoms with E-state index in [4.69, 9.17) is 14.0 Å². The number of benzene rings is 3. The topological polar surface area (TPSA) is 129 Å². The van der Waals surface area contributed by atoms with E-state index in [-0.39, 0.29) is 30.3 Å². The Bertz CT molecular complexity index is 1620. The first-order chi connectivity index (χ1) is 22.1. The first-order valence-corrected chi connectivity index (χ1v) is 15.4. The zero-order valence-corrected chi connectivity index (χ0v) is 26.8. The summed E-state index contributed by atoms with van der Waals surface area (Å²) in [5.74, 6) is 1.92. The fourth-order valence-electron chi connectivity index (χ4n) is 5.46. The maximum absolute atomic E-state index is 13.8. The highest BCUT2D eigenvalue weighted by atomic mass is 16.5. The van der Waals surface area contributed by atoms with Gasteiger partial charge in [-0.15, -0.1) is 0 Å². The number of urea groups is 1. The standard InChI is InChI=1S/C35H41N5O6/c1-22-18-40(23(2)21-41)34(42)29-12-9-13-30(36-35(43)37-32-24(3)38-46-25(32)4)33(29)45-31(22)20-39(5)19-26-14-16-28(17-15-26)44-27-10-7-6-8-11-27/h6-17,22-23,31,41H,18-21H2,1-5H3,(H2,36,37,43)/t22-,23+,31-/m0/s1. The van der Waals surface area contributed by atoms with Crippen molar-refractivity contribution in [1.82, 2.24) is 15.0 Å². The van der Waals surface area contributed by atoms with E-state index >= 15 is 0 Å². The van der Waals surface area contributed by atoms with Gasteiger partial charge in [0.1, 0.15) is 29.0 Å². The molecule has 5 rings (SSSR count). The number of carbonyl (C=O) groups is 2. The van der Waals surface area contributed by atoms with Crippen LogP contribution in [0.3, 0.4) is 0 Å². The fraction of sp³-hybridized carbons (Fsp3) is 0.343. The third-order valence-electron chi connectivity index (χ3n) is 8.06. The Morgan fingerprint density at radius 1 is 1.07 bits per heavy atom. The van der Waals surface area contributed by atoms with Crippen molar-refractivity contribution in [3.8, 4) is 17.2 Å². The van der Waals surface area contributed by atoms with Crippen LogP contribution in [-0.2, 0) is 6.54 Å². The average Bonchev–Trinajstić information content (AvgIpc) is 3.36. The molecule has 0 saturated heterocycles. The molecule has 3 atom stereocenters. The zero-order chi connectivity index (χ0) is 32.8. The molecule has 1 aromatic heterocycles. The van der Waals surface area contributed by atoms with Gasteiger partial charge in [0.2, 0.25) is 0 Å². The Hall–Kier alpha value is -4.87. The molecule has 11 heteroatoms. The lowest BCUT2D eigenvalue weighted by Gasteiger charge is -2.38. The Kier molecular flexibility index (Phi) is 10.2. The van der Waals surface area contributed by atoms with E-state index in [0.29, 0.717) is 48.0 Å². The van der Waals surface area contributed by atoms with Crippen molar-refractivity contribution < 1.29 is 28.7 Å². The third-order valence-corrected chi connectivity index (χ3v) is 8.06. The van der Waals surface area contributed by atoms with Gasteiger partial charge in [-0.1, -0.05) is 48.5 Å². The second kappa shape index (κ2) is 14.5. The smallest absolute Gasteiger partial charge is 0.323 e. The predicted molar refractivity (Wildman–Crippen MR) is 176 cm³/mol. The van der Waals surface area contributed by atoms with E-state index in [0.717, 1.165) is 17.1 Å². The molecule has 1 aliphatic heterocycles. The maximum atomic E-state index is 13.8. The number of aliphatic hydroxyl groups excluding tert-OH is 1. The second-order valence-corrected chi connectivity index (χ2v) is 11.8. The maximum Gasteiger partial charge on any atom is 0.323 e. The summed E-state index contributed by atoms with van der Waals surface area (Å²) >= 11 is 0. The number of fused-ring (bicyclic) bond motifs is 1. The van der Waals surface area contributed by atoms with Crippen molar-refractivity contribution in [2.45, 2.75) is 46.4 Å². The van der Waals surface area contributed by atoms with Crippen LogP contribution in [0.1, 0.15) is 41.2 Å². The highest BCUT2D eigenvalue weighted by Gasteiger charge is 2.34. The Morgan fingerprint density at radius 2 is 1.78 bits per heavy atom. The lowest BCUT2D eigenvalue weighted by molar-refractivity contribution is 0.0343. The SMILES string of the molecule is Cc1noc(C)c1NC(=O)Nc1cccc2c1O[C@@H](CN(C)Cc1ccc(Oc3ccccc3)cc1)[C@@H](C)CN([C@H](C)CO)C2=O. The lowest BCUT2D eigenvalue weighted by Crippen LogP contribution is -2.49. The molecule has 46 heavy (non-hydrogen) atoms. The molecule has 0 aliphatic carbocycles. The van der Waals surface area contributed by atoms with E-state index in [1.54, 1.807) is 36.9 Å². The summed E-state index contributed by atoms with van der Waals surface area (Å²) in [5, 5.41) is 19.5. The van der Waals surface area contributed by atoms with Gasteiger partial charge < -0.3 is 34.6 Å². The van der Waals surface area contributed by atoms with Crippen molar-refractivity contribution in [1.29, 1.82) is 0 Å². The number of aliphatic hydroxyl groups is 1. The average molecular weight is 628 g/mol. The molecule has 11 nitrogen and oxygen atoms in total. The van der Waals surface area contributed by atoms with Crippen LogP contribution in [0.25, 0.3) is 0 Å². The number of nitrogens with zero attached hydrogens (tertiary/aromatic N) is 3. The zero-order valence-electron chi connectivity index (χ0n) is 26.8. The number of carbonyl (C=O) groups excluding carboxylic acids is 2. The molecule has 0 saturated carbocycles. The molecule has 0 bridgehead atoms. The summed E-state index contributed by atoms with van der Waals surface area (Å²) in [6.45, 7) is 8.70. The Morgan fingerprint density at radius 3 is 2.46 bits per heavy atom. The van der Waals surface area contributed by atoms with Crippen molar-refractivity contribution in [3.63, 3.8) is 0 Å². The largest absolute Gasteiger partial charge is 0.486 e. The molecule has 1 aliphatic rings. The number of anilines is 2. The van der Waals surface area contributed by atoms with Crippen molar-refractivity contribution in [2.75, 3.05) is 37.4 Å². The lowest BCUT2D eigenvalue weighted by atomic mass is 9.99. The van der Waals surface area contributed by atoms with Crippen LogP contribution in [0.4, 0.5) is 16.2 Å². The van der Waals surface area contributed by atoms with Crippen LogP contribution in [0.2, 0.25) is 0 Å². The summed E-state index contributed by atoms with van der Waals surface area (Å²) in [5.41, 5.74) is 2.78. The molecule has 0 spiro atoms. The fourth-order valence-corrected chi connectivity index (χ4v) is 5.46. The van der Waals surface area contributed by atoms with Crippen molar-refractivity contribution in [2.24, 2.45) is 5.92 Å². The molecule has 2 heterocycles. The molecule has 0 unspecified atom stereocenters. The van der Waals surface area contributed by atoms with E-state index < -0.39 is 12.1 Å². The normalized spacial score (nSPS) is 17.0. The molecule has 3 aromatic carbocycles. The number of aromatic nitrogens is 1. The summed E-state index contributed by atoms with van der Waals surface area (Å²) in [6.07, 6.45) is -0.348. The highest BCUT2D eigenvalue weighted by Crippen LogP contribution is 2.35. The van der Waals surface area contributed by atoms with Crippen LogP contribution in [0.5, 0.6) is 17.2 Å². The quantitative estimate of drug-likeness (QED) is 0.193. The number of hydrogen-bond acceptors (Lipinski definition) is 8. The number of nitrogens with one attached hydrogen (secondary N) is 2. The van der Waals surface area contributed by atoms with Crippen molar-refractivity contribution in [3.05, 3.63) is 95.4 Å². The minimum absolute atomic E-state index is 0.0978. The molecular weight excluding hydrogens is 586 g/mol. The minimum Gasteiger partial charge on any atom is -0.486 e. The Labute approximate surface area is 269 Å². The predicted octanol–water partition coefficient (Wildman–Crippen LogP) is 6.08. The molecule has 4 aromatic rings. The number of aryl methyl sites for hydroxylation is 2. The van der Waals surface area contributed by atoms with Gasteiger partial charge in [0, 0.05) is 25.6 Å². The third kappa shape index (κ3) is 7.67. The summed E-state index contributed by atoms with van der Waals surface area (Å²) < 4.78 is 17.7. The van der Waals surface area contributed by atoms with Crippen LogP contribution in [0, 0.1) is 19.8 Å². The summed E-state index contributed by atoms with van der Waals surface area (Å²) in [6, 6.07) is 21.8. The first kappa shape index (κ1) is 32.5. The van der Waals surface area contributed by atoms with Gasteiger partial charge >= 0.3 is 6.03 Å². The minimum atomic E-state index is -0.525. The van der Waals surface area contributed by atoms with Crippen LogP contribution in [0.15, 0.2) is 77.3 Å². The van der Waals surface area contributed by atoms with E-state index in [1.807, 2.05) is 75.5 Å². The number of likely N-dealkylation sites (N-methyl/N-ethyl adjacent to an activating group) is 1. The number of hydrogen-bond donors (Lipinski definition) is 3. The highest BCUT2D eigenvalue weighted by molar-refractivity contribution is 6.04. The molecule has 0 radical (unpaired) electrons. The monoisotopic (exact) mass is 627 g/mol. The van der Waals surface area contributed by atoms with Gasteiger partial charge in [0.15, 0.2) is 11.5 Å². The van der Waals surface area contributed by atoms with Crippen molar-refractivity contribution >= 4 is 23.3 Å². The Balaban J connectivity index is 1.35. The number of amides is 3. The van der Waals surface area contributed by atoms with Gasteiger partial charge in [-0.05, 0) is 69.8 Å². The second-order valence-electron chi connectivity index (χ2n) is 11.8. The molecule has 3 amide bonds. The van der Waals surface area contributed by atoms with Gasteiger partial charge in [-0.3, -0.25) is 9.69 Å². The summed E-state index contributed by atoms with van der Waals surface area (Å²) in [4.78, 5) is 30.7. The van der Waals surface area contributed by atoms with Crippen LogP contribution < -0.4 is 20.1 Å². The van der Waals surface area contributed by atoms with Crippen LogP contribution in [-0.4, -0.2) is 70.9 Å². The molecular formula is C35H41N5O6. The van der Waals surface area contributed by atoms with E-state index in [1.165, 1.54) is 0 Å². The molecule has 242 valence electrons. The number of ether oxygens (including phenoxy) is 2. The van der Waals surface area contributed by atoms with Crippen LogP contribution >= 0.6 is 0 Å². The first-order valence-electron chi connectivity index (χ1n) is 15.4. The molecule has 0 fully saturated rings. The van der Waals surface area contributed by atoms with Gasteiger partial charge in [0.25, 0.3) is 5.91 Å². The van der Waals surface area contributed by atoms with Gasteiger partial charge in [0.05, 0.1) is 23.9 Å².